The molecule has 3 rings (SSSR count). The first-order valence-electron chi connectivity index (χ1n) is 9.35. The first-order chi connectivity index (χ1) is 13.1. The molecule has 0 bridgehead atoms. The van der Waals surface area contributed by atoms with Crippen LogP contribution < -0.4 is 10.8 Å². The van der Waals surface area contributed by atoms with E-state index in [1.165, 1.54) is 14.0 Å². The van der Waals surface area contributed by atoms with Gasteiger partial charge in [-0.25, -0.2) is 4.79 Å². The van der Waals surface area contributed by atoms with Gasteiger partial charge < -0.3 is 24.3 Å². The quantitative estimate of drug-likeness (QED) is 0.603. The molecule has 1 fully saturated rings. The van der Waals surface area contributed by atoms with E-state index in [9.17, 15) is 9.59 Å². The van der Waals surface area contributed by atoms with Gasteiger partial charge in [0.15, 0.2) is 0 Å². The lowest BCUT2D eigenvalue weighted by molar-refractivity contribution is -0.144. The second kappa shape index (κ2) is 7.26. The number of esters is 1. The second-order valence-corrected chi connectivity index (χ2v) is 8.15. The summed E-state index contributed by atoms with van der Waals surface area (Å²) < 4.78 is 17.3. The number of hydrogen-bond donors (Lipinski definition) is 2. The van der Waals surface area contributed by atoms with E-state index in [0.717, 1.165) is 21.9 Å². The molecule has 0 spiro atoms. The van der Waals surface area contributed by atoms with Crippen LogP contribution in [0.4, 0.5) is 0 Å². The first kappa shape index (κ1) is 20.4. The fourth-order valence-corrected chi connectivity index (χ4v) is 3.41. The van der Waals surface area contributed by atoms with Crippen molar-refractivity contribution in [2.45, 2.75) is 58.3 Å². The minimum atomic E-state index is -0.771. The Morgan fingerprint density at radius 3 is 2.43 bits per heavy atom. The molecule has 8 heteroatoms. The third-order valence-electron chi connectivity index (χ3n) is 5.61. The highest BCUT2D eigenvalue weighted by Gasteiger charge is 2.52. The van der Waals surface area contributed by atoms with E-state index in [1.807, 2.05) is 52.1 Å². The molecule has 28 heavy (non-hydrogen) atoms. The fraction of sp³-hybridized carbons (Fsp3) is 0.500. The number of carbonyl (C=O) groups excluding carboxylic acids is 2. The van der Waals surface area contributed by atoms with E-state index in [2.05, 4.69) is 10.3 Å². The van der Waals surface area contributed by atoms with Crippen molar-refractivity contribution in [3.63, 3.8) is 0 Å². The van der Waals surface area contributed by atoms with Gasteiger partial charge in [-0.1, -0.05) is 12.1 Å². The molecule has 2 aromatic rings. The van der Waals surface area contributed by atoms with Crippen molar-refractivity contribution in [1.82, 2.24) is 10.3 Å². The zero-order valence-corrected chi connectivity index (χ0v) is 17.2. The van der Waals surface area contributed by atoms with Crippen LogP contribution in [0.3, 0.4) is 0 Å². The summed E-state index contributed by atoms with van der Waals surface area (Å²) in [4.78, 5) is 26.9. The molecule has 1 saturated heterocycles. The topological polar surface area (TPSA) is 89.7 Å². The average molecular weight is 386 g/mol. The predicted molar refractivity (Wildman–Crippen MR) is 107 cm³/mol. The molecule has 0 radical (unpaired) electrons. The van der Waals surface area contributed by atoms with Crippen molar-refractivity contribution in [3.05, 3.63) is 30.0 Å². The molecule has 150 valence electrons. The van der Waals surface area contributed by atoms with Crippen LogP contribution >= 0.6 is 0 Å². The molecule has 1 unspecified atom stereocenters. The second-order valence-electron chi connectivity index (χ2n) is 8.15. The normalized spacial score (nSPS) is 18.9. The van der Waals surface area contributed by atoms with Crippen LogP contribution in [0.2, 0.25) is 0 Å². The van der Waals surface area contributed by atoms with Crippen molar-refractivity contribution in [1.29, 1.82) is 0 Å². The minimum Gasteiger partial charge on any atom is -0.467 e. The molecule has 1 atom stereocenters. The highest BCUT2D eigenvalue weighted by Crippen LogP contribution is 2.37. The lowest BCUT2D eigenvalue weighted by Gasteiger charge is -2.32. The van der Waals surface area contributed by atoms with Crippen LogP contribution in [0.5, 0.6) is 0 Å². The number of hydrogen-bond acceptors (Lipinski definition) is 5. The molecule has 2 N–H and O–H groups in total. The standard InChI is InChI=1S/C20H27BN2O5/c1-12(24)23-16(18(25)26-6)10-13-11-22-15-9-7-8-14(17(13)15)21-27-19(2,3)20(4,5)28-21/h7-9,11,16,22H,10H2,1-6H3,(H,23,24). The minimum absolute atomic E-state index is 0.290. The van der Waals surface area contributed by atoms with Gasteiger partial charge >= 0.3 is 13.1 Å². The molecule has 2 heterocycles. The summed E-state index contributed by atoms with van der Waals surface area (Å²) in [7, 11) is 0.780. The van der Waals surface area contributed by atoms with Gasteiger partial charge in [0.2, 0.25) is 5.91 Å². The smallest absolute Gasteiger partial charge is 0.467 e. The highest BCUT2D eigenvalue weighted by molar-refractivity contribution is 6.65. The van der Waals surface area contributed by atoms with Gasteiger partial charge in [0, 0.05) is 30.4 Å². The van der Waals surface area contributed by atoms with E-state index >= 15 is 0 Å². The molecule has 0 saturated carbocycles. The van der Waals surface area contributed by atoms with Crippen LogP contribution in [0.25, 0.3) is 10.9 Å². The Labute approximate surface area is 165 Å². The first-order valence-corrected chi connectivity index (χ1v) is 9.35. The van der Waals surface area contributed by atoms with Gasteiger partial charge in [-0.3, -0.25) is 4.79 Å². The summed E-state index contributed by atoms with van der Waals surface area (Å²) in [6, 6.07) is 5.09. The summed E-state index contributed by atoms with van der Waals surface area (Å²) in [5, 5.41) is 3.59. The number of aromatic nitrogens is 1. The Morgan fingerprint density at radius 1 is 1.21 bits per heavy atom. The summed E-state index contributed by atoms with van der Waals surface area (Å²) in [6.45, 7) is 9.41. The molecule has 1 aromatic carbocycles. The van der Waals surface area contributed by atoms with Crippen LogP contribution in [-0.2, 0) is 30.1 Å². The van der Waals surface area contributed by atoms with E-state index in [4.69, 9.17) is 14.0 Å². The summed E-state index contributed by atoms with van der Waals surface area (Å²) in [6.07, 6.45) is 2.14. The number of rotatable bonds is 5. The summed E-state index contributed by atoms with van der Waals surface area (Å²) >= 11 is 0. The molecule has 1 aliphatic heterocycles. The third-order valence-corrected chi connectivity index (χ3v) is 5.61. The number of methoxy groups -OCH3 is 1. The summed E-state index contributed by atoms with van der Waals surface area (Å²) in [5.41, 5.74) is 1.76. The maximum Gasteiger partial charge on any atom is 0.495 e. The number of fused-ring (bicyclic) bond motifs is 1. The number of aromatic amines is 1. The highest BCUT2D eigenvalue weighted by atomic mass is 16.7. The third kappa shape index (κ3) is 3.66. The van der Waals surface area contributed by atoms with E-state index < -0.39 is 30.3 Å². The molecule has 0 aliphatic carbocycles. The van der Waals surface area contributed by atoms with E-state index in [-0.39, 0.29) is 5.91 Å². The average Bonchev–Trinajstić information content (AvgIpc) is 3.11. The van der Waals surface area contributed by atoms with Crippen molar-refractivity contribution in [2.75, 3.05) is 7.11 Å². The molecule has 1 amide bonds. The van der Waals surface area contributed by atoms with Crippen LogP contribution in [0.1, 0.15) is 40.2 Å². The molecule has 7 nitrogen and oxygen atoms in total. The molecule has 1 aliphatic rings. The van der Waals surface area contributed by atoms with Gasteiger partial charge in [0.25, 0.3) is 0 Å². The van der Waals surface area contributed by atoms with Gasteiger partial charge in [-0.05, 0) is 44.8 Å². The van der Waals surface area contributed by atoms with Crippen LogP contribution in [0, 0.1) is 0 Å². The van der Waals surface area contributed by atoms with Crippen molar-refractivity contribution < 1.29 is 23.6 Å². The van der Waals surface area contributed by atoms with Crippen molar-refractivity contribution in [2.24, 2.45) is 0 Å². The Hall–Kier alpha value is -2.32. The largest absolute Gasteiger partial charge is 0.495 e. The van der Waals surface area contributed by atoms with Crippen LogP contribution in [0.15, 0.2) is 24.4 Å². The Kier molecular flexibility index (Phi) is 5.29. The monoisotopic (exact) mass is 386 g/mol. The fourth-order valence-electron chi connectivity index (χ4n) is 3.41. The van der Waals surface area contributed by atoms with Crippen molar-refractivity contribution in [3.8, 4) is 0 Å². The SMILES string of the molecule is COC(=O)C(Cc1c[nH]c2cccc(B3OC(C)(C)C(C)(C)O3)c12)NC(C)=O. The number of ether oxygens (including phenoxy) is 1. The Balaban J connectivity index is 2.00. The predicted octanol–water partition coefficient (Wildman–Crippen LogP) is 1.69. The van der Waals surface area contributed by atoms with Gasteiger partial charge in [-0.2, -0.15) is 0 Å². The summed E-state index contributed by atoms with van der Waals surface area (Å²) in [5.74, 6) is -0.779. The number of carbonyl (C=O) groups is 2. The van der Waals surface area contributed by atoms with E-state index in [1.54, 1.807) is 0 Å². The number of benzene rings is 1. The van der Waals surface area contributed by atoms with E-state index in [0.29, 0.717) is 6.42 Å². The maximum atomic E-state index is 12.1. The zero-order valence-electron chi connectivity index (χ0n) is 17.2. The lowest BCUT2D eigenvalue weighted by atomic mass is 9.76. The van der Waals surface area contributed by atoms with Crippen LogP contribution in [-0.4, -0.2) is 48.3 Å². The van der Waals surface area contributed by atoms with Gasteiger partial charge in [0.1, 0.15) is 6.04 Å². The maximum absolute atomic E-state index is 12.1. The number of amides is 1. The number of H-pyrrole nitrogens is 1. The van der Waals surface area contributed by atoms with Gasteiger partial charge in [0.05, 0.1) is 18.3 Å². The Morgan fingerprint density at radius 2 is 1.86 bits per heavy atom. The lowest BCUT2D eigenvalue weighted by Crippen LogP contribution is -2.42. The zero-order chi connectivity index (χ0) is 20.7. The number of nitrogens with one attached hydrogen (secondary N) is 2. The Bertz CT molecular complexity index is 889. The van der Waals surface area contributed by atoms with Crippen molar-refractivity contribution >= 4 is 35.4 Å². The molecular weight excluding hydrogens is 359 g/mol. The molecular formula is C20H27BN2O5. The van der Waals surface area contributed by atoms with Gasteiger partial charge in [-0.15, -0.1) is 0 Å². The molecule has 1 aromatic heterocycles.